The van der Waals surface area contributed by atoms with Crippen LogP contribution in [0.15, 0.2) is 97.2 Å². The van der Waals surface area contributed by atoms with Crippen molar-refractivity contribution in [2.45, 2.75) is 322 Å². The monoisotopic (exact) mass is 1070 g/mol. The summed E-state index contributed by atoms with van der Waals surface area (Å²) in [5.74, 6) is -0.896. The highest BCUT2D eigenvalue weighted by molar-refractivity contribution is 5.71. The van der Waals surface area contributed by atoms with Gasteiger partial charge in [0.1, 0.15) is 13.2 Å². The average Bonchev–Trinajstić information content (AvgIpc) is 3.43. The van der Waals surface area contributed by atoms with Crippen molar-refractivity contribution in [1.29, 1.82) is 0 Å². The zero-order valence-electron chi connectivity index (χ0n) is 50.7. The molecule has 0 fully saturated rings. The van der Waals surface area contributed by atoms with E-state index in [1.165, 1.54) is 154 Å². The van der Waals surface area contributed by atoms with E-state index in [2.05, 4.69) is 118 Å². The third-order valence-corrected chi connectivity index (χ3v) is 14.1. The van der Waals surface area contributed by atoms with E-state index in [0.717, 1.165) is 122 Å². The van der Waals surface area contributed by atoms with E-state index in [1.807, 2.05) is 0 Å². The van der Waals surface area contributed by atoms with Crippen molar-refractivity contribution in [3.63, 3.8) is 0 Å². The van der Waals surface area contributed by atoms with Gasteiger partial charge < -0.3 is 14.2 Å². The Labute approximate surface area is 477 Å². The average molecular weight is 1070 g/mol. The number of rotatable bonds is 59. The van der Waals surface area contributed by atoms with Crippen LogP contribution in [0.1, 0.15) is 316 Å². The third-order valence-electron chi connectivity index (χ3n) is 14.1. The van der Waals surface area contributed by atoms with E-state index in [1.54, 1.807) is 0 Å². The molecule has 0 aromatic heterocycles. The van der Waals surface area contributed by atoms with Crippen LogP contribution in [0.2, 0.25) is 0 Å². The van der Waals surface area contributed by atoms with Crippen LogP contribution < -0.4 is 0 Å². The van der Waals surface area contributed by atoms with E-state index < -0.39 is 6.10 Å². The molecule has 0 aromatic carbocycles. The first-order valence-corrected chi connectivity index (χ1v) is 32.7. The molecule has 0 rings (SSSR count). The zero-order valence-corrected chi connectivity index (χ0v) is 50.7. The molecule has 1 unspecified atom stereocenters. The van der Waals surface area contributed by atoms with Crippen molar-refractivity contribution < 1.29 is 28.6 Å². The predicted molar refractivity (Wildman–Crippen MR) is 334 cm³/mol. The summed E-state index contributed by atoms with van der Waals surface area (Å²) in [5.41, 5.74) is 0. The van der Waals surface area contributed by atoms with Gasteiger partial charge in [-0.2, -0.15) is 0 Å². The summed E-state index contributed by atoms with van der Waals surface area (Å²) in [6.07, 6.45) is 87.2. The molecule has 0 aliphatic rings. The van der Waals surface area contributed by atoms with Gasteiger partial charge >= 0.3 is 17.9 Å². The summed E-state index contributed by atoms with van der Waals surface area (Å²) in [6, 6.07) is 0. The van der Waals surface area contributed by atoms with Crippen LogP contribution >= 0.6 is 0 Å². The molecule has 0 heterocycles. The van der Waals surface area contributed by atoms with E-state index in [9.17, 15) is 14.4 Å². The summed E-state index contributed by atoms with van der Waals surface area (Å²) < 4.78 is 16.9. The van der Waals surface area contributed by atoms with Crippen LogP contribution in [0.3, 0.4) is 0 Å². The quantitative estimate of drug-likeness (QED) is 0.0261. The molecule has 0 spiro atoms. The lowest BCUT2D eigenvalue weighted by Crippen LogP contribution is -2.30. The summed E-state index contributed by atoms with van der Waals surface area (Å²) >= 11 is 0. The van der Waals surface area contributed by atoms with Gasteiger partial charge in [0.15, 0.2) is 6.10 Å². The second-order valence-corrected chi connectivity index (χ2v) is 21.6. The maximum atomic E-state index is 12.9. The largest absolute Gasteiger partial charge is 0.462 e. The highest BCUT2D eigenvalue weighted by Gasteiger charge is 2.19. The van der Waals surface area contributed by atoms with Crippen LogP contribution in [0, 0.1) is 0 Å². The number of esters is 3. The Morgan fingerprint density at radius 2 is 0.506 bits per heavy atom. The van der Waals surface area contributed by atoms with Gasteiger partial charge in [-0.3, -0.25) is 14.4 Å². The molecule has 0 radical (unpaired) electrons. The maximum Gasteiger partial charge on any atom is 0.306 e. The Morgan fingerprint density at radius 3 is 0.792 bits per heavy atom. The molecule has 0 N–H and O–H groups in total. The Hall–Kier alpha value is -3.67. The topological polar surface area (TPSA) is 78.9 Å². The van der Waals surface area contributed by atoms with Crippen molar-refractivity contribution in [1.82, 2.24) is 0 Å². The van der Waals surface area contributed by atoms with E-state index in [4.69, 9.17) is 14.2 Å². The molecule has 0 saturated carbocycles. The number of ether oxygens (including phenoxy) is 3. The molecule has 1 atom stereocenters. The van der Waals surface area contributed by atoms with Gasteiger partial charge in [-0.1, -0.05) is 298 Å². The second kappa shape index (κ2) is 64.9. The molecule has 0 aliphatic carbocycles. The number of allylic oxidation sites excluding steroid dienone is 16. The summed E-state index contributed by atoms with van der Waals surface area (Å²) in [5, 5.41) is 0. The molecular formula is C71H122O6. The Balaban J connectivity index is 4.17. The number of carbonyl (C=O) groups is 3. The summed E-state index contributed by atoms with van der Waals surface area (Å²) in [7, 11) is 0. The van der Waals surface area contributed by atoms with Gasteiger partial charge in [0.25, 0.3) is 0 Å². The van der Waals surface area contributed by atoms with Gasteiger partial charge in [-0.15, -0.1) is 0 Å². The van der Waals surface area contributed by atoms with Crippen LogP contribution in [0.5, 0.6) is 0 Å². The fraction of sp³-hybridized carbons (Fsp3) is 0.732. The van der Waals surface area contributed by atoms with Gasteiger partial charge in [0.2, 0.25) is 0 Å². The lowest BCUT2D eigenvalue weighted by Gasteiger charge is -2.18. The summed E-state index contributed by atoms with van der Waals surface area (Å²) in [6.45, 7) is 6.41. The highest BCUT2D eigenvalue weighted by Crippen LogP contribution is 2.17. The minimum atomic E-state index is -0.788. The molecule has 0 bridgehead atoms. The minimum Gasteiger partial charge on any atom is -0.462 e. The van der Waals surface area contributed by atoms with E-state index in [0.29, 0.717) is 19.3 Å². The van der Waals surface area contributed by atoms with Gasteiger partial charge in [-0.05, 0) is 96.3 Å². The molecule has 6 heteroatoms. The van der Waals surface area contributed by atoms with Gasteiger partial charge in [0.05, 0.1) is 0 Å². The Morgan fingerprint density at radius 1 is 0.273 bits per heavy atom. The molecule has 0 aromatic rings. The second-order valence-electron chi connectivity index (χ2n) is 21.6. The highest BCUT2D eigenvalue weighted by atomic mass is 16.6. The van der Waals surface area contributed by atoms with Crippen molar-refractivity contribution in [3.05, 3.63) is 97.2 Å². The first-order valence-electron chi connectivity index (χ1n) is 32.7. The van der Waals surface area contributed by atoms with Crippen molar-refractivity contribution >= 4 is 17.9 Å². The van der Waals surface area contributed by atoms with Crippen LogP contribution in [-0.4, -0.2) is 37.2 Å². The van der Waals surface area contributed by atoms with Crippen molar-refractivity contribution in [3.8, 4) is 0 Å². The summed E-state index contributed by atoms with van der Waals surface area (Å²) in [4.78, 5) is 38.2. The molecule has 442 valence electrons. The van der Waals surface area contributed by atoms with Crippen molar-refractivity contribution in [2.24, 2.45) is 0 Å². The normalized spacial score (nSPS) is 12.7. The molecule has 0 aliphatic heterocycles. The fourth-order valence-electron chi connectivity index (χ4n) is 9.25. The van der Waals surface area contributed by atoms with E-state index in [-0.39, 0.29) is 31.1 Å². The van der Waals surface area contributed by atoms with Crippen LogP contribution in [0.4, 0.5) is 0 Å². The number of carbonyl (C=O) groups excluding carboxylic acids is 3. The Kier molecular flexibility index (Phi) is 61.8. The molecule has 0 saturated heterocycles. The standard InChI is InChI=1S/C71H122O6/c1-4-7-10-13-16-19-22-24-26-28-29-30-31-32-33-34-35-36-37-38-39-40-41-43-44-46-49-52-55-58-61-64-70(73)76-67-68(66-75-69(72)63-60-57-54-51-48-21-18-15-12-9-6-3)77-71(74)65-62-59-56-53-50-47-45-42-27-25-23-20-17-14-11-8-5-2/h7-8,10-11,16-17,19-20,24-27,29-30,45,47,68H,4-6,9,12-15,18,21-23,28,31-44,46,48-67H2,1-3H3/b10-7-,11-8-,19-16-,20-17-,26-24-,27-25-,30-29-,47-45-. The number of unbranched alkanes of at least 4 members (excludes halogenated alkanes) is 32. The number of hydrogen-bond acceptors (Lipinski definition) is 6. The van der Waals surface area contributed by atoms with Crippen molar-refractivity contribution in [2.75, 3.05) is 13.2 Å². The molecule has 0 amide bonds. The maximum absolute atomic E-state index is 12.9. The lowest BCUT2D eigenvalue weighted by molar-refractivity contribution is -0.167. The third kappa shape index (κ3) is 63.0. The molecule has 6 nitrogen and oxygen atoms in total. The molecule has 77 heavy (non-hydrogen) atoms. The first-order chi connectivity index (χ1) is 38.0. The van der Waals surface area contributed by atoms with E-state index >= 15 is 0 Å². The number of hydrogen-bond donors (Lipinski definition) is 0. The smallest absolute Gasteiger partial charge is 0.306 e. The van der Waals surface area contributed by atoms with Crippen LogP contribution in [-0.2, 0) is 28.6 Å². The molecular weight excluding hydrogens is 949 g/mol. The fourth-order valence-corrected chi connectivity index (χ4v) is 9.25. The van der Waals surface area contributed by atoms with Gasteiger partial charge in [-0.25, -0.2) is 0 Å². The lowest BCUT2D eigenvalue weighted by atomic mass is 10.0. The first kappa shape index (κ1) is 73.3. The SMILES string of the molecule is CC/C=C\C/C=C\C/C=C\C/C=C\CCCCCCCCCCCCCCCCCCCCC(=O)OCC(COC(=O)CCCCCCCCCCCCC)OC(=O)CCCCCC/C=C\C/C=C\C/C=C\C/C=C\CC. The minimum absolute atomic E-state index is 0.0833. The Bertz CT molecular complexity index is 1510. The van der Waals surface area contributed by atoms with Gasteiger partial charge in [0, 0.05) is 19.3 Å². The zero-order chi connectivity index (χ0) is 55.7. The predicted octanol–water partition coefficient (Wildman–Crippen LogP) is 22.4. The van der Waals surface area contributed by atoms with Crippen LogP contribution in [0.25, 0.3) is 0 Å².